The quantitative estimate of drug-likeness (QED) is 0.101. The van der Waals surface area contributed by atoms with Gasteiger partial charge in [-0.05, 0) is 96.2 Å². The molecule has 48 heavy (non-hydrogen) atoms. The molecule has 2 fully saturated rings. The van der Waals surface area contributed by atoms with Crippen LogP contribution in [0.3, 0.4) is 0 Å². The topological polar surface area (TPSA) is 89.0 Å². The van der Waals surface area contributed by atoms with Gasteiger partial charge in [0.1, 0.15) is 23.4 Å². The monoisotopic (exact) mass is 784 g/mol. The van der Waals surface area contributed by atoms with Gasteiger partial charge in [-0.2, -0.15) is 22.0 Å². The Labute approximate surface area is 284 Å². The molecule has 2 aliphatic heterocycles. The van der Waals surface area contributed by atoms with Crippen molar-refractivity contribution in [1.82, 2.24) is 9.88 Å². The number of amides is 1. The minimum Gasteiger partial charge on any atom is -0.496 e. The maximum atomic E-state index is 14.8. The fraction of sp³-hybridized carbons (Fsp3) is 0.265. The van der Waals surface area contributed by atoms with Crippen molar-refractivity contribution in [2.45, 2.75) is 48.1 Å². The molecular weight excluding hydrogens is 757 g/mol. The van der Waals surface area contributed by atoms with Gasteiger partial charge in [0.25, 0.3) is 0 Å². The van der Waals surface area contributed by atoms with Gasteiger partial charge in [-0.25, -0.2) is 19.0 Å². The third-order valence-corrected chi connectivity index (χ3v) is 8.57. The number of aromatic carboxylic acids is 1. The zero-order chi connectivity index (χ0) is 35.1. The van der Waals surface area contributed by atoms with Crippen molar-refractivity contribution in [2.75, 3.05) is 7.11 Å². The molecule has 3 atom stereocenters. The van der Waals surface area contributed by atoms with Gasteiger partial charge in [-0.15, -0.1) is 0 Å². The van der Waals surface area contributed by atoms with E-state index in [4.69, 9.17) is 9.47 Å². The zero-order valence-electron chi connectivity index (χ0n) is 25.3. The van der Waals surface area contributed by atoms with Crippen LogP contribution in [-0.4, -0.2) is 56.4 Å². The number of fused-ring (bicyclic) bond motifs is 1. The van der Waals surface area contributed by atoms with E-state index in [-0.39, 0.29) is 29.8 Å². The van der Waals surface area contributed by atoms with Crippen molar-refractivity contribution in [3.8, 4) is 28.0 Å². The highest BCUT2D eigenvalue weighted by molar-refractivity contribution is 14.1. The van der Waals surface area contributed by atoms with Gasteiger partial charge in [0.15, 0.2) is 0 Å². The number of halogens is 7. The number of carboxylic acid groups (broad SMARTS) is 1. The molecule has 2 aromatic carbocycles. The second kappa shape index (κ2) is 13.3. The third-order valence-electron chi connectivity index (χ3n) is 8.21. The lowest BCUT2D eigenvalue weighted by Crippen LogP contribution is -2.33. The number of aromatic nitrogens is 1. The molecule has 3 heterocycles. The normalized spacial score (nSPS) is 19.9. The summed E-state index contributed by atoms with van der Waals surface area (Å²) >= 11 is 0.693. The summed E-state index contributed by atoms with van der Waals surface area (Å²) in [6.45, 7) is 5.41. The largest absolute Gasteiger partial charge is 0.496 e. The van der Waals surface area contributed by atoms with E-state index in [1.165, 1.54) is 42.5 Å². The molecule has 0 saturated carbocycles. The predicted octanol–water partition coefficient (Wildman–Crippen LogP) is 9.22. The molecule has 2 aliphatic rings. The molecular formula is C34H27F6IN2O5. The van der Waals surface area contributed by atoms with Crippen molar-refractivity contribution >= 4 is 34.7 Å². The molecule has 0 bridgehead atoms. The van der Waals surface area contributed by atoms with E-state index in [9.17, 15) is 41.0 Å². The van der Waals surface area contributed by atoms with Crippen molar-refractivity contribution < 1.29 is 50.5 Å². The van der Waals surface area contributed by atoms with Gasteiger partial charge >= 0.3 is 22.2 Å². The molecule has 0 radical (unpaired) electrons. The summed E-state index contributed by atoms with van der Waals surface area (Å²) < 4.78 is 90.1. The fourth-order valence-electron chi connectivity index (χ4n) is 6.08. The standard InChI is InChI=1S/C34H27F6IN2O5/c1-17-13-26(31(44)45)42-16-25(17)19-4-9-29(47-3)24(14-19)22-6-5-21(35)15-23(22)27-7-8-28-30(48-32(46)43(27)28)18(2)12-20(34(38,39)40)10-11-33(36,37)41/h4-6,9-16,27-28,30H,2,7-8H2,1,3H3,(H,44,45)/b11-10+,20-12+/t27-,28?,30+/m0/s1. The summed E-state index contributed by atoms with van der Waals surface area (Å²) in [5, 5.41) is 9.31. The van der Waals surface area contributed by atoms with Crippen LogP contribution >= 0.6 is 22.6 Å². The molecule has 0 spiro atoms. The Morgan fingerprint density at radius 3 is 2.46 bits per heavy atom. The van der Waals surface area contributed by atoms with Gasteiger partial charge in [0, 0.05) is 39.9 Å². The van der Waals surface area contributed by atoms with E-state index >= 15 is 0 Å². The summed E-state index contributed by atoms with van der Waals surface area (Å²) in [5.74, 6) is -1.35. The van der Waals surface area contributed by atoms with Crippen LogP contribution in [-0.2, 0) is 4.74 Å². The third kappa shape index (κ3) is 7.22. The number of hydrogen-bond acceptors (Lipinski definition) is 5. The van der Waals surface area contributed by atoms with Crippen LogP contribution in [0, 0.1) is 12.7 Å². The lowest BCUT2D eigenvalue weighted by atomic mass is 9.90. The number of pyridine rings is 1. The van der Waals surface area contributed by atoms with Crippen LogP contribution in [0.15, 0.2) is 84.6 Å². The van der Waals surface area contributed by atoms with Crippen LogP contribution in [0.1, 0.15) is 40.5 Å². The van der Waals surface area contributed by atoms with E-state index < -0.39 is 51.7 Å². The van der Waals surface area contributed by atoms with Crippen LogP contribution in [0.25, 0.3) is 22.3 Å². The molecule has 1 aromatic heterocycles. The Morgan fingerprint density at radius 2 is 1.83 bits per heavy atom. The number of cyclic esters (lactones) is 1. The Kier molecular flexibility index (Phi) is 9.68. The van der Waals surface area contributed by atoms with E-state index in [0.29, 0.717) is 74.2 Å². The second-order valence-corrected chi connectivity index (χ2v) is 12.7. The van der Waals surface area contributed by atoms with Gasteiger partial charge in [-0.1, -0.05) is 18.7 Å². The first-order valence-corrected chi connectivity index (χ1v) is 15.5. The number of carbonyl (C=O) groups is 2. The van der Waals surface area contributed by atoms with Crippen molar-refractivity contribution in [2.24, 2.45) is 0 Å². The van der Waals surface area contributed by atoms with Gasteiger partial charge in [-0.3, -0.25) is 4.90 Å². The number of alkyl halides is 6. The Bertz CT molecular complexity index is 1850. The number of methoxy groups -OCH3 is 1. The van der Waals surface area contributed by atoms with E-state index in [2.05, 4.69) is 11.6 Å². The van der Waals surface area contributed by atoms with Gasteiger partial charge < -0.3 is 14.6 Å². The number of benzene rings is 2. The van der Waals surface area contributed by atoms with Gasteiger partial charge in [0.05, 0.1) is 24.8 Å². The number of carbonyl (C=O) groups excluding carboxylic acids is 1. The molecule has 3 aromatic rings. The highest BCUT2D eigenvalue weighted by Gasteiger charge is 2.51. The van der Waals surface area contributed by atoms with Crippen LogP contribution < -0.4 is 4.74 Å². The molecule has 7 nitrogen and oxygen atoms in total. The van der Waals surface area contributed by atoms with Crippen LogP contribution in [0.5, 0.6) is 5.75 Å². The molecule has 0 aliphatic carbocycles. The van der Waals surface area contributed by atoms with Gasteiger partial charge in [0.2, 0.25) is 0 Å². The molecule has 1 unspecified atom stereocenters. The maximum absolute atomic E-state index is 14.8. The molecule has 1 N–H and O–H groups in total. The number of carboxylic acids is 1. The van der Waals surface area contributed by atoms with E-state index in [1.807, 2.05) is 0 Å². The minimum absolute atomic E-state index is 0.108. The molecule has 5 rings (SSSR count). The first kappa shape index (κ1) is 35.0. The Morgan fingerprint density at radius 1 is 1.10 bits per heavy atom. The SMILES string of the molecule is C=C(/C=C(\C=C\C(F)(F)I)C(F)(F)F)[C@H]1OC(=O)N2C1CC[C@H]2c1cc(F)ccc1-c1cc(-c2cnc(C(=O)O)cc2C)ccc1OC. The minimum atomic E-state index is -4.99. The summed E-state index contributed by atoms with van der Waals surface area (Å²) in [7, 11) is 1.45. The second-order valence-electron chi connectivity index (χ2n) is 11.3. The van der Waals surface area contributed by atoms with Crippen molar-refractivity contribution in [1.29, 1.82) is 0 Å². The maximum Gasteiger partial charge on any atom is 0.416 e. The number of allylic oxidation sites excluding steroid dienone is 3. The summed E-state index contributed by atoms with van der Waals surface area (Å²) in [5.41, 5.74) is 1.62. The molecule has 252 valence electrons. The zero-order valence-corrected chi connectivity index (χ0v) is 27.5. The molecule has 1 amide bonds. The highest BCUT2D eigenvalue weighted by atomic mass is 127. The number of hydrogen-bond donors (Lipinski definition) is 1. The summed E-state index contributed by atoms with van der Waals surface area (Å²) in [6.07, 6.45) is -4.10. The lowest BCUT2D eigenvalue weighted by molar-refractivity contribution is -0.0883. The Hall–Kier alpha value is -4.34. The lowest BCUT2D eigenvalue weighted by Gasteiger charge is -2.25. The Balaban J connectivity index is 1.52. The van der Waals surface area contributed by atoms with Crippen molar-refractivity contribution in [3.05, 3.63) is 107 Å². The number of ether oxygens (including phenoxy) is 2. The summed E-state index contributed by atoms with van der Waals surface area (Å²) in [6, 6.07) is 9.20. The highest BCUT2D eigenvalue weighted by Crippen LogP contribution is 2.48. The smallest absolute Gasteiger partial charge is 0.416 e. The molecule has 2 saturated heterocycles. The average Bonchev–Trinajstić information content (AvgIpc) is 3.59. The molecule has 14 heteroatoms. The van der Waals surface area contributed by atoms with Crippen molar-refractivity contribution in [3.63, 3.8) is 0 Å². The number of aryl methyl sites for hydroxylation is 1. The van der Waals surface area contributed by atoms with E-state index in [0.717, 1.165) is 0 Å². The fourth-order valence-corrected chi connectivity index (χ4v) is 6.26. The number of rotatable bonds is 9. The average molecular weight is 784 g/mol. The number of nitrogens with zero attached hydrogens (tertiary/aromatic N) is 2. The first-order chi connectivity index (χ1) is 22.5. The van der Waals surface area contributed by atoms with Crippen LogP contribution in [0.4, 0.5) is 31.1 Å². The van der Waals surface area contributed by atoms with Crippen LogP contribution in [0.2, 0.25) is 0 Å². The van der Waals surface area contributed by atoms with E-state index in [1.54, 1.807) is 25.1 Å². The predicted molar refractivity (Wildman–Crippen MR) is 173 cm³/mol. The first-order valence-electron chi connectivity index (χ1n) is 14.4. The summed E-state index contributed by atoms with van der Waals surface area (Å²) in [4.78, 5) is 30.0.